The quantitative estimate of drug-likeness (QED) is 0.810. The molecule has 0 unspecified atom stereocenters. The van der Waals surface area contributed by atoms with E-state index < -0.39 is 11.9 Å². The molecule has 1 aliphatic heterocycles. The summed E-state index contributed by atoms with van der Waals surface area (Å²) in [5.74, 6) is -1.45. The van der Waals surface area contributed by atoms with Gasteiger partial charge in [-0.3, -0.25) is 14.5 Å². The summed E-state index contributed by atoms with van der Waals surface area (Å²) in [6.07, 6.45) is 1.53. The highest BCUT2D eigenvalue weighted by Crippen LogP contribution is 2.33. The molecule has 3 rings (SSSR count). The molecule has 25 heavy (non-hydrogen) atoms. The number of carbonyl (C=O) groups excluding carboxylic acids is 2. The van der Waals surface area contributed by atoms with E-state index in [0.29, 0.717) is 10.6 Å². The normalized spacial score (nSPS) is 15.9. The number of carboxylic acids is 1. The van der Waals surface area contributed by atoms with Crippen molar-refractivity contribution >= 4 is 46.6 Å². The molecule has 5 nitrogen and oxygen atoms in total. The lowest BCUT2D eigenvalue weighted by molar-refractivity contribution is -0.123. The van der Waals surface area contributed by atoms with Crippen LogP contribution in [0.25, 0.3) is 6.08 Å². The number of halogens is 1. The van der Waals surface area contributed by atoms with Crippen LogP contribution in [0.2, 0.25) is 5.02 Å². The van der Waals surface area contributed by atoms with Crippen LogP contribution in [0.1, 0.15) is 21.5 Å². The summed E-state index contributed by atoms with van der Waals surface area (Å²) in [6.45, 7) is 0.161. The van der Waals surface area contributed by atoms with Gasteiger partial charge in [-0.25, -0.2) is 4.79 Å². The number of benzene rings is 2. The van der Waals surface area contributed by atoms with Crippen LogP contribution in [-0.2, 0) is 11.3 Å². The summed E-state index contributed by atoms with van der Waals surface area (Å²) in [5, 5.41) is 9.24. The molecule has 0 aliphatic carbocycles. The predicted octanol–water partition coefficient (Wildman–Crippen LogP) is 4.27. The first-order valence-electron chi connectivity index (χ1n) is 7.27. The van der Waals surface area contributed by atoms with Gasteiger partial charge in [-0.15, -0.1) is 0 Å². The molecule has 1 heterocycles. The van der Waals surface area contributed by atoms with E-state index in [1.54, 1.807) is 36.4 Å². The molecule has 1 fully saturated rings. The van der Waals surface area contributed by atoms with Gasteiger partial charge < -0.3 is 5.11 Å². The van der Waals surface area contributed by atoms with Gasteiger partial charge in [0.2, 0.25) is 0 Å². The Kier molecular flexibility index (Phi) is 4.92. The molecule has 0 atom stereocenters. The number of hydrogen-bond donors (Lipinski definition) is 1. The lowest BCUT2D eigenvalue weighted by Crippen LogP contribution is -2.27. The molecule has 0 aromatic heterocycles. The average Bonchev–Trinajstić information content (AvgIpc) is 2.84. The molecule has 1 aliphatic rings. The number of aromatic carboxylic acids is 1. The van der Waals surface area contributed by atoms with E-state index in [9.17, 15) is 14.4 Å². The summed E-state index contributed by atoms with van der Waals surface area (Å²) in [5.41, 5.74) is 1.46. The number of amides is 2. The third kappa shape index (κ3) is 3.92. The lowest BCUT2D eigenvalue weighted by Gasteiger charge is -2.12. The zero-order valence-corrected chi connectivity index (χ0v) is 14.4. The molecule has 0 radical (unpaired) electrons. The van der Waals surface area contributed by atoms with Crippen LogP contribution in [-0.4, -0.2) is 27.1 Å². The molecule has 0 saturated carbocycles. The number of rotatable bonds is 4. The van der Waals surface area contributed by atoms with Crippen molar-refractivity contribution in [3.63, 3.8) is 0 Å². The highest BCUT2D eigenvalue weighted by molar-refractivity contribution is 8.18. The van der Waals surface area contributed by atoms with E-state index in [-0.39, 0.29) is 22.3 Å². The van der Waals surface area contributed by atoms with Crippen LogP contribution in [0, 0.1) is 0 Å². The molecule has 126 valence electrons. The number of imide groups is 1. The van der Waals surface area contributed by atoms with Crippen molar-refractivity contribution in [2.75, 3.05) is 0 Å². The first kappa shape index (κ1) is 17.3. The molecule has 2 aromatic carbocycles. The Labute approximate surface area is 152 Å². The Bertz CT molecular complexity index is 892. The van der Waals surface area contributed by atoms with Gasteiger partial charge in [0.1, 0.15) is 0 Å². The topological polar surface area (TPSA) is 74.7 Å². The first-order valence-corrected chi connectivity index (χ1v) is 8.46. The Morgan fingerprint density at radius 2 is 1.88 bits per heavy atom. The van der Waals surface area contributed by atoms with Crippen molar-refractivity contribution in [2.24, 2.45) is 0 Å². The largest absolute Gasteiger partial charge is 0.478 e. The van der Waals surface area contributed by atoms with Crippen LogP contribution in [0.15, 0.2) is 53.4 Å². The van der Waals surface area contributed by atoms with Crippen molar-refractivity contribution in [3.05, 3.63) is 75.1 Å². The number of nitrogens with zero attached hydrogens (tertiary/aromatic N) is 1. The molecule has 0 spiro atoms. The molecular weight excluding hydrogens is 362 g/mol. The second-order valence-electron chi connectivity index (χ2n) is 5.32. The first-order chi connectivity index (χ1) is 11.9. The maximum absolute atomic E-state index is 12.5. The zero-order chi connectivity index (χ0) is 18.0. The van der Waals surface area contributed by atoms with Gasteiger partial charge in [0.05, 0.1) is 17.0 Å². The van der Waals surface area contributed by atoms with Gasteiger partial charge >= 0.3 is 5.97 Å². The van der Waals surface area contributed by atoms with E-state index >= 15 is 0 Å². The highest BCUT2D eigenvalue weighted by Gasteiger charge is 2.34. The van der Waals surface area contributed by atoms with E-state index in [0.717, 1.165) is 22.2 Å². The van der Waals surface area contributed by atoms with Crippen LogP contribution in [0.5, 0.6) is 0 Å². The van der Waals surface area contributed by atoms with Crippen molar-refractivity contribution in [3.8, 4) is 0 Å². The Morgan fingerprint density at radius 1 is 1.16 bits per heavy atom. The van der Waals surface area contributed by atoms with Crippen molar-refractivity contribution in [1.29, 1.82) is 0 Å². The minimum atomic E-state index is -1.05. The fourth-order valence-electron chi connectivity index (χ4n) is 2.32. The zero-order valence-electron chi connectivity index (χ0n) is 12.8. The van der Waals surface area contributed by atoms with E-state index in [2.05, 4.69) is 0 Å². The van der Waals surface area contributed by atoms with Gasteiger partial charge in [0.15, 0.2) is 0 Å². The molecular formula is C18H12ClNO4S. The fraction of sp³-hybridized carbons (Fsp3) is 0.0556. The Balaban J connectivity index is 1.82. The molecule has 1 saturated heterocycles. The summed E-state index contributed by atoms with van der Waals surface area (Å²) < 4.78 is 0. The highest BCUT2D eigenvalue weighted by atomic mass is 35.5. The van der Waals surface area contributed by atoms with Gasteiger partial charge in [0, 0.05) is 5.02 Å². The van der Waals surface area contributed by atoms with Gasteiger partial charge in [-0.1, -0.05) is 35.9 Å². The van der Waals surface area contributed by atoms with E-state index in [1.165, 1.54) is 18.2 Å². The third-order valence-electron chi connectivity index (χ3n) is 3.56. The molecule has 2 amide bonds. The minimum Gasteiger partial charge on any atom is -0.478 e. The number of hydrogen-bond acceptors (Lipinski definition) is 4. The minimum absolute atomic E-state index is 0.120. The summed E-state index contributed by atoms with van der Waals surface area (Å²) in [7, 11) is 0. The standard InChI is InChI=1S/C18H12ClNO4S/c19-14-6-4-11(5-7-14)10-20-16(21)15(25-18(20)24)9-12-2-1-3-13(8-12)17(22)23/h1-9H,10H2,(H,22,23)/b15-9-. The Morgan fingerprint density at radius 3 is 2.56 bits per heavy atom. The molecule has 0 bridgehead atoms. The van der Waals surface area contributed by atoms with Crippen LogP contribution in [0.4, 0.5) is 4.79 Å². The van der Waals surface area contributed by atoms with Crippen LogP contribution < -0.4 is 0 Å². The average molecular weight is 374 g/mol. The number of thioether (sulfide) groups is 1. The van der Waals surface area contributed by atoms with Gasteiger partial charge in [-0.2, -0.15) is 0 Å². The molecule has 1 N–H and O–H groups in total. The van der Waals surface area contributed by atoms with Gasteiger partial charge in [-0.05, 0) is 53.2 Å². The predicted molar refractivity (Wildman–Crippen MR) is 96.4 cm³/mol. The van der Waals surface area contributed by atoms with Crippen LogP contribution >= 0.6 is 23.4 Å². The second kappa shape index (κ2) is 7.13. The lowest BCUT2D eigenvalue weighted by atomic mass is 10.1. The van der Waals surface area contributed by atoms with E-state index in [1.807, 2.05) is 0 Å². The van der Waals surface area contributed by atoms with Crippen LogP contribution in [0.3, 0.4) is 0 Å². The maximum atomic E-state index is 12.5. The maximum Gasteiger partial charge on any atom is 0.335 e. The summed E-state index contributed by atoms with van der Waals surface area (Å²) >= 11 is 6.67. The summed E-state index contributed by atoms with van der Waals surface area (Å²) in [6, 6.07) is 13.1. The number of carbonyl (C=O) groups is 3. The third-order valence-corrected chi connectivity index (χ3v) is 4.72. The summed E-state index contributed by atoms with van der Waals surface area (Å²) in [4.78, 5) is 37.1. The second-order valence-corrected chi connectivity index (χ2v) is 6.75. The smallest absolute Gasteiger partial charge is 0.335 e. The SMILES string of the molecule is O=C(O)c1cccc(/C=C2\SC(=O)N(Cc3ccc(Cl)cc3)C2=O)c1. The van der Waals surface area contributed by atoms with Gasteiger partial charge in [0.25, 0.3) is 11.1 Å². The van der Waals surface area contributed by atoms with Crippen molar-refractivity contribution in [2.45, 2.75) is 6.54 Å². The Hall–Kier alpha value is -2.57. The molecule has 2 aromatic rings. The monoisotopic (exact) mass is 373 g/mol. The fourth-order valence-corrected chi connectivity index (χ4v) is 3.29. The van der Waals surface area contributed by atoms with Crippen molar-refractivity contribution < 1.29 is 19.5 Å². The van der Waals surface area contributed by atoms with Crippen molar-refractivity contribution in [1.82, 2.24) is 4.90 Å². The molecule has 7 heteroatoms. The number of carboxylic acid groups (broad SMARTS) is 1. The van der Waals surface area contributed by atoms with E-state index in [4.69, 9.17) is 16.7 Å².